The summed E-state index contributed by atoms with van der Waals surface area (Å²) in [5, 5.41) is 1.35. The van der Waals surface area contributed by atoms with Crippen LogP contribution in [0, 0.1) is 0 Å². The number of carbonyl (C=O) groups is 1. The Morgan fingerprint density at radius 2 is 2.00 bits per heavy atom. The van der Waals surface area contributed by atoms with Crippen LogP contribution in [-0.2, 0) is 13.5 Å². The largest absolute Gasteiger partial charge is 0.345 e. The Labute approximate surface area is 112 Å². The number of nitrogens with zero attached hydrogens (tertiary/aromatic N) is 3. The third-order valence-corrected chi connectivity index (χ3v) is 4.57. The molecule has 0 bridgehead atoms. The molecule has 1 unspecified atom stereocenters. The second-order valence-corrected chi connectivity index (χ2v) is 5.56. The van der Waals surface area contributed by atoms with E-state index in [4.69, 9.17) is 0 Å². The van der Waals surface area contributed by atoms with E-state index in [9.17, 15) is 4.79 Å². The van der Waals surface area contributed by atoms with E-state index in [-0.39, 0.29) is 12.1 Å². The Balaban J connectivity index is 1.97. The molecule has 3 heterocycles. The van der Waals surface area contributed by atoms with Crippen molar-refractivity contribution in [3.8, 4) is 0 Å². The molecule has 1 fully saturated rings. The van der Waals surface area contributed by atoms with Crippen LogP contribution in [-0.4, -0.2) is 40.5 Å². The number of aromatic nitrogens is 1. The number of hydrogen-bond donors (Lipinski definition) is 0. The third-order valence-electron chi connectivity index (χ3n) is 4.57. The molecule has 2 aromatic rings. The number of rotatable bonds is 0. The number of likely N-dealkylation sites (N-methyl/N-ethyl adjacent to an activating group) is 1. The number of amides is 2. The minimum absolute atomic E-state index is 0.168. The standard InChI is InChI=1S/C15H17N3O/c1-16-9-13-14-11(7-8-18(13)15(16)19)10-5-3-4-6-12(10)17(14)2/h3-6,13H,7-9H2,1-2H3. The van der Waals surface area contributed by atoms with Crippen molar-refractivity contribution in [2.24, 2.45) is 7.05 Å². The quantitative estimate of drug-likeness (QED) is 0.709. The van der Waals surface area contributed by atoms with Crippen LogP contribution in [0.1, 0.15) is 17.3 Å². The maximum absolute atomic E-state index is 12.1. The summed E-state index contributed by atoms with van der Waals surface area (Å²) in [5.41, 5.74) is 4.03. The van der Waals surface area contributed by atoms with Gasteiger partial charge in [0.1, 0.15) is 0 Å². The van der Waals surface area contributed by atoms with Gasteiger partial charge >= 0.3 is 6.03 Å². The number of benzene rings is 1. The van der Waals surface area contributed by atoms with Crippen molar-refractivity contribution in [1.82, 2.24) is 14.4 Å². The van der Waals surface area contributed by atoms with Crippen molar-refractivity contribution in [2.45, 2.75) is 12.5 Å². The molecule has 2 aliphatic rings. The van der Waals surface area contributed by atoms with Crippen LogP contribution in [0.3, 0.4) is 0 Å². The van der Waals surface area contributed by atoms with Crippen molar-refractivity contribution < 1.29 is 4.79 Å². The third kappa shape index (κ3) is 1.26. The maximum atomic E-state index is 12.1. The molecular weight excluding hydrogens is 238 g/mol. The highest BCUT2D eigenvalue weighted by atomic mass is 16.2. The molecule has 0 spiro atoms. The van der Waals surface area contributed by atoms with E-state index in [1.807, 2.05) is 16.8 Å². The Kier molecular flexibility index (Phi) is 2.03. The van der Waals surface area contributed by atoms with Crippen molar-refractivity contribution in [3.05, 3.63) is 35.5 Å². The van der Waals surface area contributed by atoms with Gasteiger partial charge in [-0.15, -0.1) is 0 Å². The van der Waals surface area contributed by atoms with Gasteiger partial charge in [-0.3, -0.25) is 0 Å². The summed E-state index contributed by atoms with van der Waals surface area (Å²) < 4.78 is 2.27. The van der Waals surface area contributed by atoms with E-state index < -0.39 is 0 Å². The van der Waals surface area contributed by atoms with E-state index >= 15 is 0 Å². The fraction of sp³-hybridized carbons (Fsp3) is 0.400. The van der Waals surface area contributed by atoms with Gasteiger partial charge in [-0.25, -0.2) is 4.79 Å². The molecule has 19 heavy (non-hydrogen) atoms. The van der Waals surface area contributed by atoms with Crippen LogP contribution >= 0.6 is 0 Å². The molecule has 98 valence electrons. The molecular formula is C15H17N3O. The molecule has 0 saturated carbocycles. The summed E-state index contributed by atoms with van der Waals surface area (Å²) >= 11 is 0. The molecule has 0 N–H and O–H groups in total. The van der Waals surface area contributed by atoms with Crippen LogP contribution in [0.25, 0.3) is 10.9 Å². The van der Waals surface area contributed by atoms with Crippen molar-refractivity contribution in [1.29, 1.82) is 0 Å². The van der Waals surface area contributed by atoms with Crippen LogP contribution in [0.5, 0.6) is 0 Å². The summed E-state index contributed by atoms with van der Waals surface area (Å²) in [4.78, 5) is 16.0. The van der Waals surface area contributed by atoms with Gasteiger partial charge in [-0.1, -0.05) is 18.2 Å². The van der Waals surface area contributed by atoms with E-state index in [2.05, 4.69) is 35.9 Å². The first-order valence-corrected chi connectivity index (χ1v) is 6.76. The lowest BCUT2D eigenvalue weighted by atomic mass is 9.98. The molecule has 4 rings (SSSR count). The highest BCUT2D eigenvalue weighted by molar-refractivity contribution is 5.87. The second-order valence-electron chi connectivity index (χ2n) is 5.56. The summed E-state index contributed by atoms with van der Waals surface area (Å²) in [6.45, 7) is 1.64. The number of carbonyl (C=O) groups excluding carboxylic acids is 1. The van der Waals surface area contributed by atoms with Gasteiger partial charge in [0.15, 0.2) is 0 Å². The topological polar surface area (TPSA) is 28.5 Å². The molecule has 2 aliphatic heterocycles. The number of para-hydroxylation sites is 1. The number of fused-ring (bicyclic) bond motifs is 5. The molecule has 1 saturated heterocycles. The number of urea groups is 1. The molecule has 1 aromatic carbocycles. The van der Waals surface area contributed by atoms with E-state index in [0.29, 0.717) is 0 Å². The minimum Gasteiger partial charge on any atom is -0.345 e. The fourth-order valence-electron chi connectivity index (χ4n) is 3.69. The molecule has 4 heteroatoms. The molecule has 4 nitrogen and oxygen atoms in total. The number of hydrogen-bond acceptors (Lipinski definition) is 1. The molecule has 0 radical (unpaired) electrons. The van der Waals surface area contributed by atoms with Gasteiger partial charge in [-0.2, -0.15) is 0 Å². The lowest BCUT2D eigenvalue weighted by Gasteiger charge is -2.29. The lowest BCUT2D eigenvalue weighted by Crippen LogP contribution is -2.36. The fourth-order valence-corrected chi connectivity index (χ4v) is 3.69. The Hall–Kier alpha value is -1.97. The predicted molar refractivity (Wildman–Crippen MR) is 74.1 cm³/mol. The zero-order valence-electron chi connectivity index (χ0n) is 11.3. The highest BCUT2D eigenvalue weighted by Crippen LogP contribution is 2.39. The van der Waals surface area contributed by atoms with Crippen LogP contribution in [0.4, 0.5) is 4.79 Å². The Morgan fingerprint density at radius 3 is 2.84 bits per heavy atom. The van der Waals surface area contributed by atoms with Gasteiger partial charge in [0.05, 0.1) is 6.04 Å². The van der Waals surface area contributed by atoms with Gasteiger partial charge < -0.3 is 14.4 Å². The minimum atomic E-state index is 0.168. The van der Waals surface area contributed by atoms with E-state index in [1.165, 1.54) is 22.2 Å². The van der Waals surface area contributed by atoms with Gasteiger partial charge in [-0.05, 0) is 18.1 Å². The van der Waals surface area contributed by atoms with Crippen LogP contribution in [0.15, 0.2) is 24.3 Å². The number of aryl methyl sites for hydroxylation is 1. The van der Waals surface area contributed by atoms with Gasteiger partial charge in [0.2, 0.25) is 0 Å². The molecule has 1 atom stereocenters. The molecule has 2 amide bonds. The Morgan fingerprint density at radius 1 is 1.21 bits per heavy atom. The monoisotopic (exact) mass is 255 g/mol. The average Bonchev–Trinajstić information content (AvgIpc) is 2.88. The summed E-state index contributed by atoms with van der Waals surface area (Å²) in [5.74, 6) is 0. The smallest absolute Gasteiger partial charge is 0.320 e. The van der Waals surface area contributed by atoms with Gasteiger partial charge in [0, 0.05) is 43.8 Å². The maximum Gasteiger partial charge on any atom is 0.320 e. The first-order chi connectivity index (χ1) is 9.18. The van der Waals surface area contributed by atoms with Crippen molar-refractivity contribution in [2.75, 3.05) is 20.1 Å². The highest BCUT2D eigenvalue weighted by Gasteiger charge is 2.41. The van der Waals surface area contributed by atoms with Crippen molar-refractivity contribution in [3.63, 3.8) is 0 Å². The lowest BCUT2D eigenvalue weighted by molar-refractivity contribution is 0.188. The molecule has 1 aromatic heterocycles. The first-order valence-electron chi connectivity index (χ1n) is 6.76. The van der Waals surface area contributed by atoms with Crippen LogP contribution in [0.2, 0.25) is 0 Å². The van der Waals surface area contributed by atoms with E-state index in [1.54, 1.807) is 0 Å². The first kappa shape index (κ1) is 10.9. The Bertz CT molecular complexity index is 688. The summed E-state index contributed by atoms with van der Waals surface area (Å²) in [6, 6.07) is 8.93. The van der Waals surface area contributed by atoms with Crippen LogP contribution < -0.4 is 0 Å². The van der Waals surface area contributed by atoms with E-state index in [0.717, 1.165) is 19.5 Å². The summed E-state index contributed by atoms with van der Waals surface area (Å²) in [7, 11) is 4.01. The molecule has 0 aliphatic carbocycles. The second kappa shape index (κ2) is 3.53. The average molecular weight is 255 g/mol. The van der Waals surface area contributed by atoms with Crippen molar-refractivity contribution >= 4 is 16.9 Å². The SMILES string of the molecule is CN1CC2c3c(c4ccccc4n3C)CCN2C1=O. The normalized spacial score (nSPS) is 22.0. The predicted octanol–water partition coefficient (Wildman–Crippen LogP) is 2.14. The zero-order chi connectivity index (χ0) is 13.1. The summed E-state index contributed by atoms with van der Waals surface area (Å²) in [6.07, 6.45) is 0.965. The van der Waals surface area contributed by atoms with Gasteiger partial charge in [0.25, 0.3) is 0 Å². The zero-order valence-corrected chi connectivity index (χ0v) is 11.3.